The van der Waals surface area contributed by atoms with Gasteiger partial charge >= 0.3 is 0 Å². The third-order valence-electron chi connectivity index (χ3n) is 10.6. The zero-order valence-corrected chi connectivity index (χ0v) is 29.9. The van der Waals surface area contributed by atoms with Crippen molar-refractivity contribution >= 4 is 45.7 Å². The Balaban J connectivity index is 1.12. The second kappa shape index (κ2) is 13.5. The topological polar surface area (TPSA) is 69.1 Å². The first-order chi connectivity index (χ1) is 24.3. The first kappa shape index (κ1) is 32.9. The van der Waals surface area contributed by atoms with Gasteiger partial charge in [0.2, 0.25) is 5.88 Å². The molecule has 3 aliphatic heterocycles. The minimum absolute atomic E-state index is 0.123. The number of pyridine rings is 1. The lowest BCUT2D eigenvalue weighted by molar-refractivity contribution is -0.000187. The highest BCUT2D eigenvalue weighted by Gasteiger charge is 2.45. The second-order valence-corrected chi connectivity index (χ2v) is 14.6. The molecule has 0 unspecified atom stereocenters. The number of hydrogen-bond acceptors (Lipinski definition) is 6. The largest absolute Gasteiger partial charge is 0.497 e. The smallest absolute Gasteiger partial charge is 0.256 e. The van der Waals surface area contributed by atoms with E-state index < -0.39 is 0 Å². The molecule has 8 nitrogen and oxygen atoms in total. The number of anilines is 1. The molecule has 0 bridgehead atoms. The van der Waals surface area contributed by atoms with Crippen molar-refractivity contribution in [2.75, 3.05) is 44.9 Å². The second-order valence-electron chi connectivity index (χ2n) is 13.8. The van der Waals surface area contributed by atoms with E-state index in [4.69, 9.17) is 42.4 Å². The third-order valence-corrected chi connectivity index (χ3v) is 11.3. The normalized spacial score (nSPS) is 16.8. The molecule has 5 heterocycles. The highest BCUT2D eigenvalue weighted by atomic mass is 35.5. The Hall–Kier alpha value is -4.24. The zero-order valence-electron chi connectivity index (χ0n) is 28.4. The van der Waals surface area contributed by atoms with E-state index in [0.29, 0.717) is 54.2 Å². The van der Waals surface area contributed by atoms with Gasteiger partial charge in [-0.2, -0.15) is 0 Å². The third kappa shape index (κ3) is 6.08. The van der Waals surface area contributed by atoms with Gasteiger partial charge in [0.05, 0.1) is 41.1 Å². The molecule has 8 rings (SSSR count). The van der Waals surface area contributed by atoms with Crippen LogP contribution in [0.25, 0.3) is 10.9 Å². The van der Waals surface area contributed by atoms with Gasteiger partial charge in [0.25, 0.3) is 5.91 Å². The Labute approximate surface area is 302 Å². The quantitative estimate of drug-likeness (QED) is 0.154. The zero-order chi connectivity index (χ0) is 34.4. The molecule has 3 aliphatic rings. The molecule has 0 radical (unpaired) electrons. The molecule has 10 heteroatoms. The van der Waals surface area contributed by atoms with E-state index in [2.05, 4.69) is 33.9 Å². The lowest BCUT2D eigenvalue weighted by Crippen LogP contribution is -2.58. The van der Waals surface area contributed by atoms with Crippen LogP contribution in [-0.4, -0.2) is 60.3 Å². The van der Waals surface area contributed by atoms with Crippen molar-refractivity contribution < 1.29 is 19.0 Å². The van der Waals surface area contributed by atoms with E-state index in [1.807, 2.05) is 60.4 Å². The number of amides is 1. The molecular weight excluding hydrogens is 671 g/mol. The van der Waals surface area contributed by atoms with Crippen LogP contribution in [0.3, 0.4) is 0 Å². The summed E-state index contributed by atoms with van der Waals surface area (Å²) < 4.78 is 19.6. The summed E-state index contributed by atoms with van der Waals surface area (Å²) in [4.78, 5) is 23.6. The van der Waals surface area contributed by atoms with Crippen LogP contribution in [0.4, 0.5) is 5.69 Å². The van der Waals surface area contributed by atoms with E-state index >= 15 is 0 Å². The monoisotopic (exact) mass is 710 g/mol. The number of ether oxygens (including phenoxy) is 3. The van der Waals surface area contributed by atoms with E-state index in [1.54, 1.807) is 7.11 Å². The standard InChI is InChI=1S/C40H40Cl2N4O4/c1-26-37-30(12-16-44(37)21-27-8-10-29(48-2)11-9-27)32(38(43-26)50-23-28-6-4-3-5-7-28)22-45-17-13-31-33(41)20-34(36(42)35(31)39(45)47)46-24-40(25-46)14-18-49-19-15-40/h3-12,16,20H,13-15,17-19,21-25H2,1-2H3. The van der Waals surface area contributed by atoms with Crippen molar-refractivity contribution in [3.63, 3.8) is 0 Å². The Morgan fingerprint density at radius 3 is 2.46 bits per heavy atom. The Bertz CT molecular complexity index is 2050. The average molecular weight is 712 g/mol. The highest BCUT2D eigenvalue weighted by molar-refractivity contribution is 6.39. The minimum atomic E-state index is -0.123. The van der Waals surface area contributed by atoms with Gasteiger partial charge in [-0.1, -0.05) is 65.7 Å². The molecule has 3 aromatic carbocycles. The molecule has 5 aromatic rings. The first-order valence-electron chi connectivity index (χ1n) is 17.2. The summed E-state index contributed by atoms with van der Waals surface area (Å²) in [5, 5.41) is 2.09. The fourth-order valence-corrected chi connectivity index (χ4v) is 8.48. The van der Waals surface area contributed by atoms with Gasteiger partial charge in [0.1, 0.15) is 12.4 Å². The summed E-state index contributed by atoms with van der Waals surface area (Å²) in [6, 6.07) is 22.2. The number of nitrogens with zero attached hydrogens (tertiary/aromatic N) is 4. The molecule has 2 aromatic heterocycles. The van der Waals surface area contributed by atoms with Crippen molar-refractivity contribution in [3.8, 4) is 11.6 Å². The van der Waals surface area contributed by atoms with E-state index in [1.165, 1.54) is 0 Å². The number of aromatic nitrogens is 2. The van der Waals surface area contributed by atoms with Gasteiger partial charge in [-0.15, -0.1) is 0 Å². The lowest BCUT2D eigenvalue weighted by Gasteiger charge is -2.53. The molecule has 0 atom stereocenters. The van der Waals surface area contributed by atoms with Crippen LogP contribution in [0.1, 0.15) is 51.1 Å². The SMILES string of the molecule is COc1ccc(Cn2ccc3c(CN4CCc5c(Cl)cc(N6CC7(CCOCC7)C6)c(Cl)c5C4=O)c(OCc4ccccc4)nc(C)c32)cc1. The molecule has 1 amide bonds. The van der Waals surface area contributed by atoms with Crippen LogP contribution in [0.15, 0.2) is 72.9 Å². The lowest BCUT2D eigenvalue weighted by atomic mass is 9.73. The predicted octanol–water partition coefficient (Wildman–Crippen LogP) is 8.10. The van der Waals surface area contributed by atoms with E-state index in [0.717, 1.165) is 89.4 Å². The Morgan fingerprint density at radius 1 is 0.960 bits per heavy atom. The number of halogens is 2. The summed E-state index contributed by atoms with van der Waals surface area (Å²) in [7, 11) is 1.67. The predicted molar refractivity (Wildman–Crippen MR) is 197 cm³/mol. The van der Waals surface area contributed by atoms with Crippen LogP contribution < -0.4 is 14.4 Å². The number of methoxy groups -OCH3 is 1. The van der Waals surface area contributed by atoms with Crippen LogP contribution in [0.2, 0.25) is 10.0 Å². The van der Waals surface area contributed by atoms with Crippen molar-refractivity contribution in [3.05, 3.63) is 116 Å². The number of carbonyl (C=O) groups excluding carboxylic acids is 1. The first-order valence-corrected chi connectivity index (χ1v) is 18.0. The molecule has 0 saturated carbocycles. The maximum Gasteiger partial charge on any atom is 0.256 e. The molecular formula is C40H40Cl2N4O4. The summed E-state index contributed by atoms with van der Waals surface area (Å²) in [6.07, 6.45) is 4.79. The Kier molecular flexibility index (Phi) is 8.87. The van der Waals surface area contributed by atoms with Gasteiger partial charge in [-0.3, -0.25) is 4.79 Å². The van der Waals surface area contributed by atoms with Crippen molar-refractivity contribution in [1.29, 1.82) is 0 Å². The van der Waals surface area contributed by atoms with Gasteiger partial charge < -0.3 is 28.6 Å². The van der Waals surface area contributed by atoms with Crippen LogP contribution in [-0.2, 0) is 30.9 Å². The number of aryl methyl sites for hydroxylation is 1. The number of rotatable bonds is 9. The summed E-state index contributed by atoms with van der Waals surface area (Å²) in [5.41, 5.74) is 7.34. The van der Waals surface area contributed by atoms with Crippen LogP contribution >= 0.6 is 23.2 Å². The molecule has 0 N–H and O–H groups in total. The van der Waals surface area contributed by atoms with E-state index in [9.17, 15) is 4.79 Å². The number of hydrogen-bond donors (Lipinski definition) is 0. The summed E-state index contributed by atoms with van der Waals surface area (Å²) in [5.74, 6) is 1.22. The van der Waals surface area contributed by atoms with E-state index in [-0.39, 0.29) is 11.3 Å². The van der Waals surface area contributed by atoms with Gasteiger partial charge in [-0.25, -0.2) is 4.98 Å². The van der Waals surface area contributed by atoms with Crippen molar-refractivity contribution in [2.45, 2.75) is 45.9 Å². The van der Waals surface area contributed by atoms with Crippen LogP contribution in [0.5, 0.6) is 11.6 Å². The fraction of sp³-hybridized carbons (Fsp3) is 0.350. The number of benzene rings is 3. The molecule has 1 spiro atoms. The van der Waals surface area contributed by atoms with Crippen molar-refractivity contribution in [1.82, 2.24) is 14.5 Å². The van der Waals surface area contributed by atoms with Gasteiger partial charge in [0.15, 0.2) is 0 Å². The Morgan fingerprint density at radius 2 is 1.72 bits per heavy atom. The molecule has 50 heavy (non-hydrogen) atoms. The number of carbonyl (C=O) groups is 1. The minimum Gasteiger partial charge on any atom is -0.497 e. The van der Waals surface area contributed by atoms with Gasteiger partial charge in [0, 0.05) is 67.0 Å². The maximum atomic E-state index is 14.4. The number of fused-ring (bicyclic) bond motifs is 2. The maximum absolute atomic E-state index is 14.4. The van der Waals surface area contributed by atoms with Crippen LogP contribution in [0, 0.1) is 12.3 Å². The summed E-state index contributed by atoms with van der Waals surface area (Å²) in [6.45, 7) is 7.25. The van der Waals surface area contributed by atoms with Gasteiger partial charge in [-0.05, 0) is 67.1 Å². The highest BCUT2D eigenvalue weighted by Crippen LogP contribution is 2.47. The molecule has 2 fully saturated rings. The van der Waals surface area contributed by atoms with Crippen molar-refractivity contribution in [2.24, 2.45) is 5.41 Å². The molecule has 2 saturated heterocycles. The fourth-order valence-electron chi connectivity index (χ4n) is 7.81. The average Bonchev–Trinajstić information content (AvgIpc) is 3.55. The molecule has 0 aliphatic carbocycles. The summed E-state index contributed by atoms with van der Waals surface area (Å²) >= 11 is 14.0. The molecule has 258 valence electrons.